The number of carbonyl (C=O) groups is 1. The van der Waals surface area contributed by atoms with Gasteiger partial charge in [-0.15, -0.1) is 11.6 Å². The van der Waals surface area contributed by atoms with Crippen LogP contribution in [0, 0.1) is 0 Å². The molecule has 1 amide bonds. The summed E-state index contributed by atoms with van der Waals surface area (Å²) in [5.74, 6) is -0.386. The fourth-order valence-electron chi connectivity index (χ4n) is 3.21. The second-order valence-corrected chi connectivity index (χ2v) is 9.22. The molecule has 26 heavy (non-hydrogen) atoms. The molecule has 138 valence electrons. The molecule has 0 bridgehead atoms. The lowest BCUT2D eigenvalue weighted by Crippen LogP contribution is -2.88. The first-order valence-electron chi connectivity index (χ1n) is 8.52. The Balaban J connectivity index is 1.66. The third-order valence-corrected chi connectivity index (χ3v) is 6.86. The third kappa shape index (κ3) is 4.84. The molecule has 1 aliphatic rings. The van der Waals surface area contributed by atoms with Crippen LogP contribution >= 0.6 is 11.6 Å². The van der Waals surface area contributed by atoms with Gasteiger partial charge in [0.2, 0.25) is 0 Å². The predicted molar refractivity (Wildman–Crippen MR) is 102 cm³/mol. The molecule has 0 unspecified atom stereocenters. The molecule has 2 aromatic carbocycles. The van der Waals surface area contributed by atoms with Crippen LogP contribution in [-0.2, 0) is 14.6 Å². The lowest BCUT2D eigenvalue weighted by molar-refractivity contribution is -0.676. The van der Waals surface area contributed by atoms with Crippen molar-refractivity contribution in [3.8, 4) is 0 Å². The van der Waals surface area contributed by atoms with Crippen molar-refractivity contribution < 1.29 is 18.5 Å². The summed E-state index contributed by atoms with van der Waals surface area (Å²) in [6, 6.07) is 19.4. The molecule has 1 aliphatic heterocycles. The molecule has 1 fully saturated rings. The molecule has 1 saturated heterocycles. The first kappa shape index (κ1) is 18.9. The number of alkyl halides is 1. The van der Waals surface area contributed by atoms with Crippen LogP contribution in [0.1, 0.15) is 17.2 Å². The molecular formula is C19H22ClN2O3S+. The molecule has 2 atom stereocenters. The van der Waals surface area contributed by atoms with Gasteiger partial charge in [-0.1, -0.05) is 60.7 Å². The number of halogens is 1. The summed E-state index contributed by atoms with van der Waals surface area (Å²) in [7, 11) is -3.16. The highest BCUT2D eigenvalue weighted by atomic mass is 35.5. The Hall–Kier alpha value is -1.89. The van der Waals surface area contributed by atoms with Gasteiger partial charge in [-0.25, -0.2) is 8.42 Å². The standard InChI is InChI=1S/C19H21ClN2O3S/c20-16-12-26(24,25)13-17(16)22-18(23)11-21-19(14-7-3-1-4-8-14)15-9-5-2-6-10-15/h1-10,16-17,19,21H,11-13H2,(H,22,23)/p+1/t16-,17+/m0/s1. The summed E-state index contributed by atoms with van der Waals surface area (Å²) in [6.07, 6.45) is 0. The minimum Gasteiger partial charge on any atom is -0.346 e. The molecule has 7 heteroatoms. The molecule has 0 radical (unpaired) electrons. The summed E-state index contributed by atoms with van der Waals surface area (Å²) in [5.41, 5.74) is 2.20. The van der Waals surface area contributed by atoms with Gasteiger partial charge in [0.25, 0.3) is 5.91 Å². The zero-order valence-corrected chi connectivity index (χ0v) is 15.8. The zero-order valence-electron chi connectivity index (χ0n) is 14.2. The molecule has 2 aromatic rings. The van der Waals surface area contributed by atoms with Crippen molar-refractivity contribution in [2.45, 2.75) is 17.5 Å². The number of hydrogen-bond donors (Lipinski definition) is 2. The van der Waals surface area contributed by atoms with Crippen LogP contribution in [0.5, 0.6) is 0 Å². The van der Waals surface area contributed by atoms with E-state index >= 15 is 0 Å². The summed E-state index contributed by atoms with van der Waals surface area (Å²) in [4.78, 5) is 12.3. The number of benzene rings is 2. The summed E-state index contributed by atoms with van der Waals surface area (Å²) in [6.45, 7) is 0.189. The van der Waals surface area contributed by atoms with E-state index < -0.39 is 21.3 Å². The molecule has 0 saturated carbocycles. The van der Waals surface area contributed by atoms with Crippen molar-refractivity contribution >= 4 is 27.3 Å². The van der Waals surface area contributed by atoms with E-state index in [0.717, 1.165) is 11.1 Å². The number of sulfone groups is 1. The Labute approximate surface area is 158 Å². The van der Waals surface area contributed by atoms with E-state index in [1.165, 1.54) is 0 Å². The highest BCUT2D eigenvalue weighted by molar-refractivity contribution is 7.91. The van der Waals surface area contributed by atoms with E-state index in [-0.39, 0.29) is 30.0 Å². The van der Waals surface area contributed by atoms with E-state index in [4.69, 9.17) is 11.6 Å². The first-order valence-corrected chi connectivity index (χ1v) is 10.8. The van der Waals surface area contributed by atoms with E-state index in [9.17, 15) is 13.2 Å². The Kier molecular flexibility index (Phi) is 5.96. The monoisotopic (exact) mass is 393 g/mol. The molecule has 0 aliphatic carbocycles. The van der Waals surface area contributed by atoms with Crippen molar-refractivity contribution in [1.29, 1.82) is 0 Å². The average Bonchev–Trinajstić information content (AvgIpc) is 2.88. The van der Waals surface area contributed by atoms with Crippen LogP contribution in [0.3, 0.4) is 0 Å². The predicted octanol–water partition coefficient (Wildman–Crippen LogP) is 0.860. The van der Waals surface area contributed by atoms with Crippen LogP contribution < -0.4 is 10.6 Å². The lowest BCUT2D eigenvalue weighted by atomic mass is 9.99. The van der Waals surface area contributed by atoms with Crippen molar-refractivity contribution in [1.82, 2.24) is 5.32 Å². The maximum Gasteiger partial charge on any atom is 0.275 e. The Morgan fingerprint density at radius 3 is 2.04 bits per heavy atom. The SMILES string of the molecule is O=C(C[NH2+]C(c1ccccc1)c1ccccc1)N[C@@H]1CS(=O)(=O)C[C@@H]1Cl. The number of amides is 1. The normalized spacial score (nSPS) is 21.6. The van der Waals surface area contributed by atoms with Crippen LogP contribution in [-0.4, -0.2) is 43.8 Å². The zero-order chi connectivity index (χ0) is 18.6. The summed E-state index contributed by atoms with van der Waals surface area (Å²) >= 11 is 6.06. The van der Waals surface area contributed by atoms with Crippen LogP contribution in [0.15, 0.2) is 60.7 Å². The van der Waals surface area contributed by atoms with Gasteiger partial charge in [0.05, 0.1) is 22.9 Å². The largest absolute Gasteiger partial charge is 0.346 e. The number of rotatable bonds is 6. The maximum atomic E-state index is 12.3. The molecule has 3 N–H and O–H groups in total. The smallest absolute Gasteiger partial charge is 0.275 e. The lowest BCUT2D eigenvalue weighted by Gasteiger charge is -2.18. The van der Waals surface area contributed by atoms with Crippen LogP contribution in [0.2, 0.25) is 0 Å². The van der Waals surface area contributed by atoms with Gasteiger partial charge < -0.3 is 10.6 Å². The molecule has 5 nitrogen and oxygen atoms in total. The van der Waals surface area contributed by atoms with Crippen LogP contribution in [0.25, 0.3) is 0 Å². The van der Waals surface area contributed by atoms with Crippen molar-refractivity contribution in [2.75, 3.05) is 18.1 Å². The highest BCUT2D eigenvalue weighted by Gasteiger charge is 2.37. The molecule has 3 rings (SSSR count). The van der Waals surface area contributed by atoms with Gasteiger partial charge >= 0.3 is 0 Å². The molecule has 0 aromatic heterocycles. The van der Waals surface area contributed by atoms with Gasteiger partial charge in [0.15, 0.2) is 16.4 Å². The van der Waals surface area contributed by atoms with Crippen molar-refractivity contribution in [2.24, 2.45) is 0 Å². The minimum atomic E-state index is -3.16. The highest BCUT2D eigenvalue weighted by Crippen LogP contribution is 2.19. The van der Waals surface area contributed by atoms with E-state index in [2.05, 4.69) is 5.32 Å². The summed E-state index contributed by atoms with van der Waals surface area (Å²) < 4.78 is 23.3. The second kappa shape index (κ2) is 8.20. The average molecular weight is 394 g/mol. The van der Waals surface area contributed by atoms with Gasteiger partial charge in [-0.2, -0.15) is 0 Å². The fraction of sp³-hybridized carbons (Fsp3) is 0.316. The molecule has 0 spiro atoms. The van der Waals surface area contributed by atoms with E-state index in [1.807, 2.05) is 66.0 Å². The van der Waals surface area contributed by atoms with Crippen molar-refractivity contribution in [3.05, 3.63) is 71.8 Å². The second-order valence-electron chi connectivity index (χ2n) is 6.51. The third-order valence-electron chi connectivity index (χ3n) is 4.49. The maximum absolute atomic E-state index is 12.3. The van der Waals surface area contributed by atoms with Gasteiger partial charge in [-0.05, 0) is 0 Å². The fourth-order valence-corrected chi connectivity index (χ4v) is 5.76. The quantitative estimate of drug-likeness (QED) is 0.714. The van der Waals surface area contributed by atoms with Crippen molar-refractivity contribution in [3.63, 3.8) is 0 Å². The minimum absolute atomic E-state index is 0.0118. The Morgan fingerprint density at radius 1 is 1.04 bits per heavy atom. The van der Waals surface area contributed by atoms with Crippen LogP contribution in [0.4, 0.5) is 0 Å². The number of carbonyl (C=O) groups excluding carboxylic acids is 1. The molecular weight excluding hydrogens is 372 g/mol. The Morgan fingerprint density at radius 2 is 1.58 bits per heavy atom. The van der Waals surface area contributed by atoms with Gasteiger partial charge in [0.1, 0.15) is 6.04 Å². The number of nitrogens with one attached hydrogen (secondary N) is 1. The van der Waals surface area contributed by atoms with Gasteiger partial charge in [0, 0.05) is 11.1 Å². The van der Waals surface area contributed by atoms with E-state index in [0.29, 0.717) is 0 Å². The molecule has 1 heterocycles. The number of hydrogen-bond acceptors (Lipinski definition) is 3. The number of quaternary nitrogens is 1. The van der Waals surface area contributed by atoms with Gasteiger partial charge in [-0.3, -0.25) is 4.79 Å². The Bertz CT molecular complexity index is 804. The van der Waals surface area contributed by atoms with E-state index in [1.54, 1.807) is 0 Å². The summed E-state index contributed by atoms with van der Waals surface area (Å²) in [5, 5.41) is 4.15. The number of nitrogens with two attached hydrogens (primary N) is 1. The topological polar surface area (TPSA) is 79.8 Å². The first-order chi connectivity index (χ1) is 12.4.